The number of carbonyl (C=O) groups is 1. The van der Waals surface area contributed by atoms with Gasteiger partial charge in [-0.05, 0) is 13.8 Å². The third-order valence-electron chi connectivity index (χ3n) is 2.07. The standard InChI is InChI=1S/C9H11N3O2/c1-9(2)3-6-5(7(13)14-9)4-11-8(10)12-6/h4H,3H2,1-2H3,(H2,10,11,12). The number of rotatable bonds is 0. The van der Waals surface area contributed by atoms with Gasteiger partial charge in [0.05, 0.1) is 11.3 Å². The summed E-state index contributed by atoms with van der Waals surface area (Å²) in [4.78, 5) is 19.3. The average molecular weight is 193 g/mol. The molecule has 0 saturated carbocycles. The van der Waals surface area contributed by atoms with E-state index in [0.29, 0.717) is 17.7 Å². The van der Waals surface area contributed by atoms with E-state index in [-0.39, 0.29) is 11.9 Å². The third-order valence-corrected chi connectivity index (χ3v) is 2.07. The number of esters is 1. The fourth-order valence-electron chi connectivity index (χ4n) is 1.48. The Morgan fingerprint density at radius 2 is 2.29 bits per heavy atom. The van der Waals surface area contributed by atoms with Crippen LogP contribution in [0.15, 0.2) is 6.20 Å². The van der Waals surface area contributed by atoms with E-state index in [1.54, 1.807) is 0 Å². The first-order valence-electron chi connectivity index (χ1n) is 4.33. The second kappa shape index (κ2) is 2.67. The predicted molar refractivity (Wildman–Crippen MR) is 49.6 cm³/mol. The van der Waals surface area contributed by atoms with Crippen molar-refractivity contribution >= 4 is 11.9 Å². The lowest BCUT2D eigenvalue weighted by Gasteiger charge is -2.29. The molecule has 0 atom stereocenters. The van der Waals surface area contributed by atoms with Crippen molar-refractivity contribution in [1.29, 1.82) is 0 Å². The van der Waals surface area contributed by atoms with Crippen LogP contribution in [0.25, 0.3) is 0 Å². The Balaban J connectivity index is 2.51. The minimum atomic E-state index is -0.509. The number of cyclic esters (lactones) is 1. The summed E-state index contributed by atoms with van der Waals surface area (Å²) >= 11 is 0. The zero-order valence-corrected chi connectivity index (χ0v) is 8.07. The molecular formula is C9H11N3O2. The van der Waals surface area contributed by atoms with Crippen LogP contribution in [-0.4, -0.2) is 21.5 Å². The largest absolute Gasteiger partial charge is 0.456 e. The van der Waals surface area contributed by atoms with Crippen molar-refractivity contribution in [2.75, 3.05) is 5.73 Å². The number of hydrogen-bond donors (Lipinski definition) is 1. The highest BCUT2D eigenvalue weighted by atomic mass is 16.6. The molecule has 1 aromatic heterocycles. The van der Waals surface area contributed by atoms with Crippen molar-refractivity contribution in [3.63, 3.8) is 0 Å². The molecule has 5 heteroatoms. The summed E-state index contributed by atoms with van der Waals surface area (Å²) < 4.78 is 5.18. The normalized spacial score (nSPS) is 18.6. The summed E-state index contributed by atoms with van der Waals surface area (Å²) in [5.74, 6) is -0.189. The molecule has 0 saturated heterocycles. The van der Waals surface area contributed by atoms with Gasteiger partial charge in [0.15, 0.2) is 0 Å². The van der Waals surface area contributed by atoms with Gasteiger partial charge in [-0.1, -0.05) is 0 Å². The van der Waals surface area contributed by atoms with Crippen LogP contribution in [0.1, 0.15) is 29.9 Å². The number of anilines is 1. The van der Waals surface area contributed by atoms with Crippen molar-refractivity contribution in [3.8, 4) is 0 Å². The number of ether oxygens (including phenoxy) is 1. The Bertz CT molecular complexity index is 401. The van der Waals surface area contributed by atoms with E-state index in [4.69, 9.17) is 10.5 Å². The second-order valence-electron chi connectivity index (χ2n) is 3.91. The van der Waals surface area contributed by atoms with Crippen LogP contribution < -0.4 is 5.73 Å². The van der Waals surface area contributed by atoms with E-state index in [0.717, 1.165) is 0 Å². The van der Waals surface area contributed by atoms with Gasteiger partial charge in [-0.25, -0.2) is 14.8 Å². The van der Waals surface area contributed by atoms with Crippen LogP contribution in [0.5, 0.6) is 0 Å². The van der Waals surface area contributed by atoms with Gasteiger partial charge in [0.2, 0.25) is 5.95 Å². The number of hydrogen-bond acceptors (Lipinski definition) is 5. The Morgan fingerprint density at radius 1 is 1.57 bits per heavy atom. The number of nitrogens with two attached hydrogens (primary N) is 1. The fourth-order valence-corrected chi connectivity index (χ4v) is 1.48. The molecule has 2 heterocycles. The monoisotopic (exact) mass is 193 g/mol. The molecule has 5 nitrogen and oxygen atoms in total. The summed E-state index contributed by atoms with van der Waals surface area (Å²) in [7, 11) is 0. The molecule has 1 aliphatic rings. The number of nitrogen functional groups attached to an aromatic ring is 1. The summed E-state index contributed by atoms with van der Waals surface area (Å²) in [5.41, 5.74) is 6.01. The lowest BCUT2D eigenvalue weighted by Crippen LogP contribution is -2.36. The Labute approximate surface area is 81.3 Å². The van der Waals surface area contributed by atoms with Gasteiger partial charge in [-0.15, -0.1) is 0 Å². The van der Waals surface area contributed by atoms with Crippen molar-refractivity contribution in [3.05, 3.63) is 17.5 Å². The molecule has 0 unspecified atom stereocenters. The van der Waals surface area contributed by atoms with Crippen molar-refractivity contribution in [2.45, 2.75) is 25.9 Å². The maximum absolute atomic E-state index is 11.5. The van der Waals surface area contributed by atoms with Gasteiger partial charge in [0, 0.05) is 12.6 Å². The Morgan fingerprint density at radius 3 is 3.00 bits per heavy atom. The Hall–Kier alpha value is -1.65. The topological polar surface area (TPSA) is 78.1 Å². The van der Waals surface area contributed by atoms with Crippen LogP contribution in [0.3, 0.4) is 0 Å². The molecule has 0 spiro atoms. The van der Waals surface area contributed by atoms with Gasteiger partial charge in [-0.3, -0.25) is 0 Å². The summed E-state index contributed by atoms with van der Waals surface area (Å²) in [6.07, 6.45) is 1.98. The molecule has 0 amide bonds. The molecule has 0 aliphatic carbocycles. The summed E-state index contributed by atoms with van der Waals surface area (Å²) in [6.45, 7) is 3.68. The second-order valence-corrected chi connectivity index (χ2v) is 3.91. The van der Waals surface area contributed by atoms with Crippen LogP contribution in [0.2, 0.25) is 0 Å². The molecule has 2 rings (SSSR count). The van der Waals surface area contributed by atoms with E-state index >= 15 is 0 Å². The smallest absolute Gasteiger partial charge is 0.342 e. The SMILES string of the molecule is CC1(C)Cc2nc(N)ncc2C(=O)O1. The molecule has 14 heavy (non-hydrogen) atoms. The van der Waals surface area contributed by atoms with E-state index in [2.05, 4.69) is 9.97 Å². The fraction of sp³-hybridized carbons (Fsp3) is 0.444. The van der Waals surface area contributed by atoms with Crippen molar-refractivity contribution in [2.24, 2.45) is 0 Å². The van der Waals surface area contributed by atoms with E-state index < -0.39 is 5.60 Å². The van der Waals surface area contributed by atoms with Crippen LogP contribution in [-0.2, 0) is 11.2 Å². The maximum Gasteiger partial charge on any atom is 0.342 e. The predicted octanol–water partition coefficient (Wildman–Crippen LogP) is 0.550. The minimum absolute atomic E-state index is 0.189. The zero-order valence-electron chi connectivity index (χ0n) is 8.07. The molecule has 1 aliphatic heterocycles. The van der Waals surface area contributed by atoms with Gasteiger partial charge < -0.3 is 10.5 Å². The van der Waals surface area contributed by atoms with Gasteiger partial charge >= 0.3 is 5.97 Å². The van der Waals surface area contributed by atoms with Crippen molar-refractivity contribution in [1.82, 2.24) is 9.97 Å². The molecule has 2 N–H and O–H groups in total. The molecule has 1 aromatic rings. The van der Waals surface area contributed by atoms with E-state index in [1.165, 1.54) is 6.20 Å². The maximum atomic E-state index is 11.5. The average Bonchev–Trinajstić information content (AvgIpc) is 2.00. The van der Waals surface area contributed by atoms with Crippen LogP contribution in [0, 0.1) is 0 Å². The number of aromatic nitrogens is 2. The minimum Gasteiger partial charge on any atom is -0.456 e. The van der Waals surface area contributed by atoms with E-state index in [9.17, 15) is 4.79 Å². The van der Waals surface area contributed by atoms with E-state index in [1.807, 2.05) is 13.8 Å². The van der Waals surface area contributed by atoms with Crippen molar-refractivity contribution < 1.29 is 9.53 Å². The highest BCUT2D eigenvalue weighted by Gasteiger charge is 2.33. The molecule has 0 radical (unpaired) electrons. The summed E-state index contributed by atoms with van der Waals surface area (Å²) in [6, 6.07) is 0. The van der Waals surface area contributed by atoms with Crippen LogP contribution >= 0.6 is 0 Å². The number of fused-ring (bicyclic) bond motifs is 1. The molecule has 74 valence electrons. The van der Waals surface area contributed by atoms with Gasteiger partial charge in [-0.2, -0.15) is 0 Å². The van der Waals surface area contributed by atoms with Gasteiger partial charge in [0.1, 0.15) is 5.60 Å². The number of nitrogens with zero attached hydrogens (tertiary/aromatic N) is 2. The first-order valence-corrected chi connectivity index (χ1v) is 4.33. The van der Waals surface area contributed by atoms with Gasteiger partial charge in [0.25, 0.3) is 0 Å². The summed E-state index contributed by atoms with van der Waals surface area (Å²) in [5, 5.41) is 0. The molecule has 0 fully saturated rings. The van der Waals surface area contributed by atoms with Crippen LogP contribution in [0.4, 0.5) is 5.95 Å². The number of carbonyl (C=O) groups excluding carboxylic acids is 1. The third kappa shape index (κ3) is 1.41. The first-order chi connectivity index (χ1) is 6.48. The Kier molecular flexibility index (Phi) is 1.70. The molecule has 0 bridgehead atoms. The highest BCUT2D eigenvalue weighted by Crippen LogP contribution is 2.25. The molecular weight excluding hydrogens is 182 g/mol. The molecule has 0 aromatic carbocycles. The highest BCUT2D eigenvalue weighted by molar-refractivity contribution is 5.91. The lowest BCUT2D eigenvalue weighted by molar-refractivity contribution is -0.00723. The lowest BCUT2D eigenvalue weighted by atomic mass is 9.96. The first kappa shape index (κ1) is 8.93. The zero-order chi connectivity index (χ0) is 10.3. The quantitative estimate of drug-likeness (QED) is 0.609.